The number of benzene rings is 1. The van der Waals surface area contributed by atoms with E-state index in [0.29, 0.717) is 12.2 Å². The van der Waals surface area contributed by atoms with E-state index in [-0.39, 0.29) is 11.4 Å². The Bertz CT molecular complexity index is 504. The van der Waals surface area contributed by atoms with Crippen molar-refractivity contribution in [3.05, 3.63) is 41.5 Å². The van der Waals surface area contributed by atoms with E-state index in [4.69, 9.17) is 10.00 Å². The maximum atomic E-state index is 11.5. The predicted octanol–water partition coefficient (Wildman–Crippen LogP) is 3.55. The van der Waals surface area contributed by atoms with Crippen LogP contribution in [0.5, 0.6) is 0 Å². The number of hydrogen-bond acceptors (Lipinski definition) is 3. The summed E-state index contributed by atoms with van der Waals surface area (Å²) in [5.74, 6) is -0.355. The van der Waals surface area contributed by atoms with Crippen molar-refractivity contribution in [1.29, 1.82) is 5.26 Å². The minimum atomic E-state index is -0.355. The van der Waals surface area contributed by atoms with E-state index in [2.05, 4.69) is 26.8 Å². The van der Waals surface area contributed by atoms with Crippen LogP contribution in [0.1, 0.15) is 38.3 Å². The van der Waals surface area contributed by atoms with E-state index >= 15 is 0 Å². The summed E-state index contributed by atoms with van der Waals surface area (Å²) in [6, 6.07) is 9.11. The highest BCUT2D eigenvalue weighted by atomic mass is 16.5. The van der Waals surface area contributed by atoms with Gasteiger partial charge in [0.25, 0.3) is 0 Å². The first-order valence-corrected chi connectivity index (χ1v) is 6.26. The second kappa shape index (κ2) is 6.75. The minimum Gasteiger partial charge on any atom is -0.463 e. The summed E-state index contributed by atoms with van der Waals surface area (Å²) in [6.07, 6.45) is 3.87. The van der Waals surface area contributed by atoms with Gasteiger partial charge >= 0.3 is 5.97 Å². The molecule has 0 heterocycles. The number of carbonyl (C=O) groups excluding carboxylic acids is 1. The quantitative estimate of drug-likeness (QED) is 0.612. The molecule has 0 aliphatic rings. The van der Waals surface area contributed by atoms with Gasteiger partial charge in [0, 0.05) is 6.08 Å². The zero-order chi connectivity index (χ0) is 14.3. The van der Waals surface area contributed by atoms with Crippen LogP contribution in [0, 0.1) is 16.7 Å². The summed E-state index contributed by atoms with van der Waals surface area (Å²) < 4.78 is 5.11. The van der Waals surface area contributed by atoms with Crippen molar-refractivity contribution < 1.29 is 9.53 Å². The Labute approximate surface area is 114 Å². The third-order valence-corrected chi connectivity index (χ3v) is 2.52. The van der Waals surface area contributed by atoms with Crippen LogP contribution in [0.2, 0.25) is 0 Å². The lowest BCUT2D eigenvalue weighted by molar-refractivity contribution is -0.138. The molecule has 0 aromatic heterocycles. The van der Waals surface area contributed by atoms with Gasteiger partial charge in [-0.05, 0) is 35.6 Å². The maximum absolute atomic E-state index is 11.5. The number of carbonyl (C=O) groups is 1. The predicted molar refractivity (Wildman–Crippen MR) is 75.2 cm³/mol. The Morgan fingerprint density at radius 3 is 2.79 bits per heavy atom. The molecule has 0 bridgehead atoms. The number of hydrogen-bond donors (Lipinski definition) is 0. The first-order valence-electron chi connectivity index (χ1n) is 6.26. The van der Waals surface area contributed by atoms with Crippen LogP contribution in [0.4, 0.5) is 0 Å². The van der Waals surface area contributed by atoms with Crippen molar-refractivity contribution >= 4 is 12.0 Å². The smallest absolute Gasteiger partial charge is 0.330 e. The van der Waals surface area contributed by atoms with Crippen molar-refractivity contribution in [2.24, 2.45) is 5.41 Å². The molecule has 1 aromatic carbocycles. The van der Waals surface area contributed by atoms with Gasteiger partial charge in [-0.25, -0.2) is 4.79 Å². The number of esters is 1. The molecule has 0 N–H and O–H groups in total. The fourth-order valence-corrected chi connectivity index (χ4v) is 1.38. The van der Waals surface area contributed by atoms with Gasteiger partial charge in [0.05, 0.1) is 18.2 Å². The molecule has 19 heavy (non-hydrogen) atoms. The topological polar surface area (TPSA) is 50.1 Å². The lowest BCUT2D eigenvalue weighted by atomic mass is 9.93. The van der Waals surface area contributed by atoms with Crippen molar-refractivity contribution in [1.82, 2.24) is 0 Å². The van der Waals surface area contributed by atoms with Gasteiger partial charge in [-0.1, -0.05) is 32.9 Å². The monoisotopic (exact) mass is 257 g/mol. The molecule has 0 spiro atoms. The van der Waals surface area contributed by atoms with Gasteiger partial charge < -0.3 is 4.74 Å². The third kappa shape index (κ3) is 6.42. The molecule has 0 atom stereocenters. The zero-order valence-electron chi connectivity index (χ0n) is 11.6. The average Bonchev–Trinajstić information content (AvgIpc) is 2.35. The molecular weight excluding hydrogens is 238 g/mol. The first-order chi connectivity index (χ1) is 8.90. The number of rotatable bonds is 4. The van der Waals surface area contributed by atoms with Crippen LogP contribution in [0.3, 0.4) is 0 Å². The fourth-order valence-electron chi connectivity index (χ4n) is 1.38. The third-order valence-electron chi connectivity index (χ3n) is 2.52. The fraction of sp³-hybridized carbons (Fsp3) is 0.375. The molecule has 0 aliphatic carbocycles. The van der Waals surface area contributed by atoms with E-state index in [0.717, 1.165) is 12.0 Å². The van der Waals surface area contributed by atoms with Crippen molar-refractivity contribution in [3.63, 3.8) is 0 Å². The molecule has 100 valence electrons. The van der Waals surface area contributed by atoms with E-state index in [9.17, 15) is 4.79 Å². The molecule has 0 aliphatic heterocycles. The Kier molecular flexibility index (Phi) is 5.32. The molecule has 0 amide bonds. The number of ether oxygens (including phenoxy) is 1. The summed E-state index contributed by atoms with van der Waals surface area (Å²) in [4.78, 5) is 11.5. The van der Waals surface area contributed by atoms with Crippen LogP contribution in [-0.4, -0.2) is 12.6 Å². The van der Waals surface area contributed by atoms with Crippen LogP contribution in [0.25, 0.3) is 6.08 Å². The Morgan fingerprint density at radius 1 is 1.42 bits per heavy atom. The standard InChI is InChI=1S/C16H19NO2/c1-16(2,3)9-10-19-15(18)8-7-13-5-4-6-14(11-13)12-17/h4-8,11H,9-10H2,1-3H3/b8-7+. The van der Waals surface area contributed by atoms with E-state index in [1.807, 2.05) is 6.07 Å². The summed E-state index contributed by atoms with van der Waals surface area (Å²) >= 11 is 0. The molecule has 1 rings (SSSR count). The lowest BCUT2D eigenvalue weighted by Crippen LogP contribution is -2.11. The summed E-state index contributed by atoms with van der Waals surface area (Å²) in [7, 11) is 0. The number of nitriles is 1. The van der Waals surface area contributed by atoms with Gasteiger partial charge in [0.15, 0.2) is 0 Å². The first kappa shape index (κ1) is 15.0. The highest BCUT2D eigenvalue weighted by molar-refractivity contribution is 5.87. The van der Waals surface area contributed by atoms with E-state index < -0.39 is 0 Å². The van der Waals surface area contributed by atoms with E-state index in [1.54, 1.807) is 24.3 Å². The lowest BCUT2D eigenvalue weighted by Gasteiger charge is -2.16. The van der Waals surface area contributed by atoms with Crippen LogP contribution in [0.15, 0.2) is 30.3 Å². The second-order valence-corrected chi connectivity index (χ2v) is 5.55. The molecule has 0 saturated heterocycles. The van der Waals surface area contributed by atoms with Gasteiger partial charge in [-0.15, -0.1) is 0 Å². The van der Waals surface area contributed by atoms with Gasteiger partial charge in [0.2, 0.25) is 0 Å². The molecule has 0 saturated carbocycles. The molecule has 3 heteroatoms. The molecule has 1 aromatic rings. The highest BCUT2D eigenvalue weighted by Gasteiger charge is 2.10. The highest BCUT2D eigenvalue weighted by Crippen LogP contribution is 2.17. The average molecular weight is 257 g/mol. The Hall–Kier alpha value is -2.08. The Morgan fingerprint density at radius 2 is 2.16 bits per heavy atom. The summed E-state index contributed by atoms with van der Waals surface area (Å²) in [5.41, 5.74) is 1.54. The molecule has 3 nitrogen and oxygen atoms in total. The van der Waals surface area contributed by atoms with Crippen molar-refractivity contribution in [2.45, 2.75) is 27.2 Å². The minimum absolute atomic E-state index is 0.158. The van der Waals surface area contributed by atoms with Crippen LogP contribution < -0.4 is 0 Å². The molecule has 0 unspecified atom stereocenters. The molecular formula is C16H19NO2. The molecule has 0 radical (unpaired) electrons. The van der Waals surface area contributed by atoms with Crippen LogP contribution in [-0.2, 0) is 9.53 Å². The number of nitrogens with zero attached hydrogens (tertiary/aromatic N) is 1. The van der Waals surface area contributed by atoms with Gasteiger partial charge in [-0.2, -0.15) is 5.26 Å². The maximum Gasteiger partial charge on any atom is 0.330 e. The largest absolute Gasteiger partial charge is 0.463 e. The van der Waals surface area contributed by atoms with Crippen LogP contribution >= 0.6 is 0 Å². The summed E-state index contributed by atoms with van der Waals surface area (Å²) in [6.45, 7) is 6.73. The SMILES string of the molecule is CC(C)(C)CCOC(=O)/C=C/c1cccc(C#N)c1. The van der Waals surface area contributed by atoms with Gasteiger partial charge in [0.1, 0.15) is 0 Å². The van der Waals surface area contributed by atoms with Crippen molar-refractivity contribution in [3.8, 4) is 6.07 Å². The second-order valence-electron chi connectivity index (χ2n) is 5.55. The van der Waals surface area contributed by atoms with Gasteiger partial charge in [-0.3, -0.25) is 0 Å². The van der Waals surface area contributed by atoms with Crippen molar-refractivity contribution in [2.75, 3.05) is 6.61 Å². The van der Waals surface area contributed by atoms with E-state index in [1.165, 1.54) is 6.08 Å². The summed E-state index contributed by atoms with van der Waals surface area (Å²) in [5, 5.41) is 8.77. The zero-order valence-corrected chi connectivity index (χ0v) is 11.6. The molecule has 0 fully saturated rings. The normalized spacial score (nSPS) is 11.3. The Balaban J connectivity index is 2.48.